The maximum absolute atomic E-state index is 6.36. The Hall–Kier alpha value is -0.0900. The van der Waals surface area contributed by atoms with Crippen LogP contribution in [0.2, 0.25) is 5.02 Å². The van der Waals surface area contributed by atoms with Crippen LogP contribution in [-0.4, -0.2) is 31.6 Å². The standard InChI is InChI=1S/C15H22BrClN2/c1-11(14-4-3-13(16)9-15(14)17)19-7-5-12(6-8-19)10-18-2/h3-4,9,11-12,18H,5-8,10H2,1-2H3. The van der Waals surface area contributed by atoms with Crippen LogP contribution in [0.5, 0.6) is 0 Å². The van der Waals surface area contributed by atoms with Crippen LogP contribution < -0.4 is 5.32 Å². The molecule has 1 aromatic carbocycles. The molecule has 1 saturated heterocycles. The van der Waals surface area contributed by atoms with E-state index in [4.69, 9.17) is 11.6 Å². The van der Waals surface area contributed by atoms with Crippen LogP contribution >= 0.6 is 27.5 Å². The topological polar surface area (TPSA) is 15.3 Å². The number of nitrogens with zero attached hydrogens (tertiary/aromatic N) is 1. The summed E-state index contributed by atoms with van der Waals surface area (Å²) in [7, 11) is 2.04. The van der Waals surface area contributed by atoms with Gasteiger partial charge in [-0.25, -0.2) is 0 Å². The minimum Gasteiger partial charge on any atom is -0.319 e. The normalized spacial score (nSPS) is 19.6. The van der Waals surface area contributed by atoms with Gasteiger partial charge in [0.1, 0.15) is 0 Å². The number of benzene rings is 1. The van der Waals surface area contributed by atoms with Crippen LogP contribution in [-0.2, 0) is 0 Å². The Morgan fingerprint density at radius 2 is 2.11 bits per heavy atom. The molecule has 1 unspecified atom stereocenters. The largest absolute Gasteiger partial charge is 0.319 e. The minimum absolute atomic E-state index is 0.399. The molecule has 1 atom stereocenters. The first-order chi connectivity index (χ1) is 9.11. The number of rotatable bonds is 4. The van der Waals surface area contributed by atoms with Gasteiger partial charge in [0.05, 0.1) is 0 Å². The third-order valence-electron chi connectivity index (χ3n) is 4.10. The summed E-state index contributed by atoms with van der Waals surface area (Å²) in [6.45, 7) is 5.73. The van der Waals surface area contributed by atoms with E-state index in [2.05, 4.69) is 45.2 Å². The minimum atomic E-state index is 0.399. The number of likely N-dealkylation sites (tertiary alicyclic amines) is 1. The van der Waals surface area contributed by atoms with E-state index in [1.807, 2.05) is 13.1 Å². The first-order valence-electron chi connectivity index (χ1n) is 6.95. The van der Waals surface area contributed by atoms with Crippen molar-refractivity contribution in [1.29, 1.82) is 0 Å². The average Bonchev–Trinajstić information content (AvgIpc) is 2.39. The Kier molecular flexibility index (Phi) is 5.70. The van der Waals surface area contributed by atoms with Crippen LogP contribution in [0.3, 0.4) is 0 Å². The van der Waals surface area contributed by atoms with Gasteiger partial charge >= 0.3 is 0 Å². The van der Waals surface area contributed by atoms with Crippen molar-refractivity contribution in [3.05, 3.63) is 33.3 Å². The van der Waals surface area contributed by atoms with Gasteiger partial charge in [-0.3, -0.25) is 4.90 Å². The molecule has 0 spiro atoms. The van der Waals surface area contributed by atoms with Crippen LogP contribution in [0.4, 0.5) is 0 Å². The third kappa shape index (κ3) is 3.94. The molecule has 0 saturated carbocycles. The fourth-order valence-corrected chi connectivity index (χ4v) is 3.70. The van der Waals surface area contributed by atoms with E-state index in [1.54, 1.807) is 0 Å². The lowest BCUT2D eigenvalue weighted by molar-refractivity contribution is 0.141. The lowest BCUT2D eigenvalue weighted by Gasteiger charge is -2.36. The molecule has 1 aliphatic rings. The van der Waals surface area contributed by atoms with E-state index >= 15 is 0 Å². The number of nitrogens with one attached hydrogen (secondary N) is 1. The van der Waals surface area contributed by atoms with Gasteiger partial charge in [-0.15, -0.1) is 0 Å². The molecule has 4 heteroatoms. The van der Waals surface area contributed by atoms with E-state index in [0.29, 0.717) is 6.04 Å². The summed E-state index contributed by atoms with van der Waals surface area (Å²) in [5.41, 5.74) is 1.23. The predicted molar refractivity (Wildman–Crippen MR) is 85.8 cm³/mol. The van der Waals surface area contributed by atoms with Gasteiger partial charge in [0, 0.05) is 15.5 Å². The number of hydrogen-bond acceptors (Lipinski definition) is 2. The Morgan fingerprint density at radius 1 is 1.42 bits per heavy atom. The van der Waals surface area contributed by atoms with Gasteiger partial charge < -0.3 is 5.32 Å². The summed E-state index contributed by atoms with van der Waals surface area (Å²) < 4.78 is 1.04. The zero-order valence-corrected chi connectivity index (χ0v) is 14.0. The summed E-state index contributed by atoms with van der Waals surface area (Å²) in [5, 5.41) is 4.14. The van der Waals surface area contributed by atoms with Crippen molar-refractivity contribution in [2.24, 2.45) is 5.92 Å². The summed E-state index contributed by atoms with van der Waals surface area (Å²) in [6.07, 6.45) is 2.55. The molecular formula is C15H22BrClN2. The van der Waals surface area contributed by atoms with Crippen LogP contribution in [0.25, 0.3) is 0 Å². The van der Waals surface area contributed by atoms with Crippen LogP contribution in [0.1, 0.15) is 31.4 Å². The van der Waals surface area contributed by atoms with Crippen molar-refractivity contribution in [1.82, 2.24) is 10.2 Å². The molecule has 0 bridgehead atoms. The molecule has 19 heavy (non-hydrogen) atoms. The second-order valence-corrected chi connectivity index (χ2v) is 6.70. The van der Waals surface area contributed by atoms with Crippen molar-refractivity contribution in [2.45, 2.75) is 25.8 Å². The lowest BCUT2D eigenvalue weighted by atomic mass is 9.94. The van der Waals surface area contributed by atoms with Crippen molar-refractivity contribution in [2.75, 3.05) is 26.7 Å². The van der Waals surface area contributed by atoms with E-state index < -0.39 is 0 Å². The van der Waals surface area contributed by atoms with Gasteiger partial charge in [-0.05, 0) is 70.1 Å². The smallest absolute Gasteiger partial charge is 0.0464 e. The summed E-state index contributed by atoms with van der Waals surface area (Å²) in [6, 6.07) is 6.60. The SMILES string of the molecule is CNCC1CCN(C(C)c2ccc(Br)cc2Cl)CC1. The maximum atomic E-state index is 6.36. The van der Waals surface area contributed by atoms with E-state index in [-0.39, 0.29) is 0 Å². The van der Waals surface area contributed by atoms with E-state index in [9.17, 15) is 0 Å². The molecule has 2 nitrogen and oxygen atoms in total. The Balaban J connectivity index is 1.99. The Morgan fingerprint density at radius 3 is 2.68 bits per heavy atom. The fourth-order valence-electron chi connectivity index (χ4n) is 2.87. The molecular weight excluding hydrogens is 324 g/mol. The number of hydrogen-bond donors (Lipinski definition) is 1. The van der Waals surface area contributed by atoms with Gasteiger partial charge in [0.25, 0.3) is 0 Å². The summed E-state index contributed by atoms with van der Waals surface area (Å²) in [4.78, 5) is 2.54. The van der Waals surface area contributed by atoms with Crippen molar-refractivity contribution < 1.29 is 0 Å². The van der Waals surface area contributed by atoms with Gasteiger partial charge in [0.15, 0.2) is 0 Å². The van der Waals surface area contributed by atoms with E-state index in [0.717, 1.165) is 22.0 Å². The molecule has 1 fully saturated rings. The van der Waals surface area contributed by atoms with E-state index in [1.165, 1.54) is 31.5 Å². The molecule has 1 heterocycles. The van der Waals surface area contributed by atoms with Crippen molar-refractivity contribution >= 4 is 27.5 Å². The monoisotopic (exact) mass is 344 g/mol. The molecule has 0 amide bonds. The Labute approximate surface area is 129 Å². The Bertz CT molecular complexity index is 417. The zero-order valence-electron chi connectivity index (χ0n) is 11.6. The van der Waals surface area contributed by atoms with Crippen molar-refractivity contribution in [3.63, 3.8) is 0 Å². The molecule has 1 aromatic rings. The summed E-state index contributed by atoms with van der Waals surface area (Å²) >= 11 is 9.82. The van der Waals surface area contributed by atoms with Gasteiger partial charge in [0.2, 0.25) is 0 Å². The quantitative estimate of drug-likeness (QED) is 0.884. The molecule has 0 aromatic heterocycles. The van der Waals surface area contributed by atoms with Gasteiger partial charge in [-0.1, -0.05) is 33.6 Å². The second kappa shape index (κ2) is 7.07. The fraction of sp³-hybridized carbons (Fsp3) is 0.600. The van der Waals surface area contributed by atoms with Gasteiger partial charge in [-0.2, -0.15) is 0 Å². The summed E-state index contributed by atoms with van der Waals surface area (Å²) in [5.74, 6) is 0.828. The van der Waals surface area contributed by atoms with Crippen LogP contribution in [0.15, 0.2) is 22.7 Å². The highest BCUT2D eigenvalue weighted by atomic mass is 79.9. The molecule has 1 aliphatic heterocycles. The lowest BCUT2D eigenvalue weighted by Crippen LogP contribution is -2.38. The first-order valence-corrected chi connectivity index (χ1v) is 8.12. The highest BCUT2D eigenvalue weighted by Crippen LogP contribution is 2.32. The molecule has 0 aliphatic carbocycles. The highest BCUT2D eigenvalue weighted by molar-refractivity contribution is 9.10. The molecule has 0 radical (unpaired) electrons. The van der Waals surface area contributed by atoms with Crippen LogP contribution in [0, 0.1) is 5.92 Å². The molecule has 1 N–H and O–H groups in total. The molecule has 106 valence electrons. The highest BCUT2D eigenvalue weighted by Gasteiger charge is 2.24. The van der Waals surface area contributed by atoms with Crippen molar-refractivity contribution in [3.8, 4) is 0 Å². The third-order valence-corrected chi connectivity index (χ3v) is 4.92. The maximum Gasteiger partial charge on any atom is 0.0464 e. The number of piperidine rings is 1. The average molecular weight is 346 g/mol. The number of halogens is 2. The zero-order chi connectivity index (χ0) is 13.8. The predicted octanol–water partition coefficient (Wildman–Crippen LogP) is 4.09. The molecule has 2 rings (SSSR count). The second-order valence-electron chi connectivity index (χ2n) is 5.38. The first kappa shape index (κ1) is 15.3.